The highest BCUT2D eigenvalue weighted by molar-refractivity contribution is 7.89. The predicted octanol–water partition coefficient (Wildman–Crippen LogP) is 2.18. The maximum absolute atomic E-state index is 12.6. The molecule has 118 valence electrons. The topological polar surface area (TPSA) is 79.6 Å². The molecule has 1 aromatic rings. The van der Waals surface area contributed by atoms with Gasteiger partial charge in [0.1, 0.15) is 10.6 Å². The third-order valence-corrected chi connectivity index (χ3v) is 5.05. The average Bonchev–Trinajstić information content (AvgIpc) is 2.80. The van der Waals surface area contributed by atoms with Crippen LogP contribution in [0.1, 0.15) is 37.7 Å². The summed E-state index contributed by atoms with van der Waals surface area (Å²) in [7, 11) is -3.74. The lowest BCUT2D eigenvalue weighted by molar-refractivity contribution is 0.0685. The van der Waals surface area contributed by atoms with Gasteiger partial charge in [-0.3, -0.25) is 0 Å². The molecule has 0 saturated carbocycles. The van der Waals surface area contributed by atoms with E-state index >= 15 is 0 Å². The van der Waals surface area contributed by atoms with Crippen molar-refractivity contribution in [2.24, 2.45) is 0 Å². The zero-order valence-corrected chi connectivity index (χ0v) is 13.4. The van der Waals surface area contributed by atoms with E-state index in [9.17, 15) is 18.3 Å². The molecule has 0 saturated heterocycles. The van der Waals surface area contributed by atoms with E-state index in [4.69, 9.17) is 0 Å². The number of carboxylic acid groups (broad SMARTS) is 1. The van der Waals surface area contributed by atoms with Crippen molar-refractivity contribution in [1.82, 2.24) is 8.87 Å². The molecule has 6 nitrogen and oxygen atoms in total. The summed E-state index contributed by atoms with van der Waals surface area (Å²) < 4.78 is 28.0. The molecule has 7 heteroatoms. The smallest absolute Gasteiger partial charge is 0.352 e. The number of aromatic carboxylic acids is 1. The quantitative estimate of drug-likeness (QED) is 0.746. The van der Waals surface area contributed by atoms with Gasteiger partial charge in [-0.2, -0.15) is 4.31 Å². The molecule has 0 spiro atoms. The first-order valence-corrected chi connectivity index (χ1v) is 8.25. The van der Waals surface area contributed by atoms with Crippen molar-refractivity contribution in [1.29, 1.82) is 0 Å². The molecule has 1 rings (SSSR count). The van der Waals surface area contributed by atoms with Crippen LogP contribution in [0.2, 0.25) is 0 Å². The lowest BCUT2D eigenvalue weighted by atomic mass is 10.4. The molecule has 0 fully saturated rings. The molecule has 0 unspecified atom stereocenters. The normalized spacial score (nSPS) is 12.0. The Hall–Kier alpha value is -1.60. The van der Waals surface area contributed by atoms with Crippen LogP contribution in [0.15, 0.2) is 29.8 Å². The molecule has 1 heterocycles. The first kappa shape index (κ1) is 17.5. The average molecular weight is 314 g/mol. The fourth-order valence-corrected chi connectivity index (χ4v) is 3.73. The summed E-state index contributed by atoms with van der Waals surface area (Å²) in [5.74, 6) is -1.13. The standard InChI is InChI=1S/C14H22N2O4S/c1-5-7-15-10-12(9-13(15)14(17)18)21(19,20)16(8-6-2)11(3)4/h6,9-11H,2,5,7-8H2,1,3-4H3,(H,17,18). The SMILES string of the molecule is C=CCN(C(C)C)S(=O)(=O)c1cc(C(=O)O)n(CCC)c1. The second-order valence-electron chi connectivity index (χ2n) is 5.02. The van der Waals surface area contributed by atoms with Crippen molar-refractivity contribution in [2.75, 3.05) is 6.54 Å². The Balaban J connectivity index is 3.33. The van der Waals surface area contributed by atoms with Gasteiger partial charge in [0.2, 0.25) is 10.0 Å². The number of nitrogens with zero attached hydrogens (tertiary/aromatic N) is 2. The number of rotatable bonds is 8. The van der Waals surface area contributed by atoms with Gasteiger partial charge in [-0.25, -0.2) is 13.2 Å². The Morgan fingerprint density at radius 1 is 1.52 bits per heavy atom. The van der Waals surface area contributed by atoms with E-state index in [0.29, 0.717) is 6.54 Å². The number of sulfonamides is 1. The van der Waals surface area contributed by atoms with E-state index in [1.165, 1.54) is 27.2 Å². The van der Waals surface area contributed by atoms with Crippen LogP contribution in [-0.4, -0.2) is 41.0 Å². The fourth-order valence-electron chi connectivity index (χ4n) is 2.08. The van der Waals surface area contributed by atoms with Crippen molar-refractivity contribution >= 4 is 16.0 Å². The minimum absolute atomic E-state index is 0.00361. The Morgan fingerprint density at radius 2 is 2.14 bits per heavy atom. The van der Waals surface area contributed by atoms with Crippen molar-refractivity contribution < 1.29 is 18.3 Å². The minimum Gasteiger partial charge on any atom is -0.477 e. The van der Waals surface area contributed by atoms with Crippen LogP contribution in [0.5, 0.6) is 0 Å². The summed E-state index contributed by atoms with van der Waals surface area (Å²) in [6.45, 7) is 9.64. The largest absolute Gasteiger partial charge is 0.477 e. The summed E-state index contributed by atoms with van der Waals surface area (Å²) in [5, 5.41) is 9.18. The van der Waals surface area contributed by atoms with Crippen LogP contribution in [0.4, 0.5) is 0 Å². The maximum atomic E-state index is 12.6. The third-order valence-electron chi connectivity index (χ3n) is 3.05. The second-order valence-corrected chi connectivity index (χ2v) is 6.91. The highest BCUT2D eigenvalue weighted by atomic mass is 32.2. The highest BCUT2D eigenvalue weighted by Gasteiger charge is 2.28. The molecular weight excluding hydrogens is 292 g/mol. The van der Waals surface area contributed by atoms with Crippen LogP contribution in [0.3, 0.4) is 0 Å². The molecular formula is C14H22N2O4S. The molecule has 0 aliphatic heterocycles. The zero-order valence-electron chi connectivity index (χ0n) is 12.6. The molecule has 1 N–H and O–H groups in total. The second kappa shape index (κ2) is 6.91. The van der Waals surface area contributed by atoms with Gasteiger partial charge in [0.15, 0.2) is 0 Å². The summed E-state index contributed by atoms with van der Waals surface area (Å²) >= 11 is 0. The Labute approximate surface area is 125 Å². The van der Waals surface area contributed by atoms with Gasteiger partial charge in [-0.15, -0.1) is 6.58 Å². The molecule has 0 radical (unpaired) electrons. The van der Waals surface area contributed by atoms with Crippen LogP contribution < -0.4 is 0 Å². The van der Waals surface area contributed by atoms with Gasteiger partial charge in [-0.1, -0.05) is 13.0 Å². The number of carboxylic acids is 1. The first-order chi connectivity index (χ1) is 9.75. The van der Waals surface area contributed by atoms with E-state index in [1.54, 1.807) is 13.8 Å². The van der Waals surface area contributed by atoms with Crippen molar-refractivity contribution in [3.63, 3.8) is 0 Å². The number of hydrogen-bond donors (Lipinski definition) is 1. The molecule has 0 aliphatic carbocycles. The van der Waals surface area contributed by atoms with E-state index in [-0.39, 0.29) is 23.2 Å². The van der Waals surface area contributed by atoms with Crippen LogP contribution >= 0.6 is 0 Å². The molecule has 21 heavy (non-hydrogen) atoms. The van der Waals surface area contributed by atoms with Crippen LogP contribution in [0.25, 0.3) is 0 Å². The monoisotopic (exact) mass is 314 g/mol. The number of hydrogen-bond acceptors (Lipinski definition) is 3. The molecule has 0 bridgehead atoms. The molecule has 0 aromatic carbocycles. The van der Waals surface area contributed by atoms with Gasteiger partial charge >= 0.3 is 5.97 Å². The Bertz CT molecular complexity index is 617. The van der Waals surface area contributed by atoms with E-state index < -0.39 is 16.0 Å². The van der Waals surface area contributed by atoms with Crippen LogP contribution in [-0.2, 0) is 16.6 Å². The summed E-state index contributed by atoms with van der Waals surface area (Å²) in [4.78, 5) is 11.2. The molecule has 0 atom stereocenters. The highest BCUT2D eigenvalue weighted by Crippen LogP contribution is 2.21. The Morgan fingerprint density at radius 3 is 2.57 bits per heavy atom. The first-order valence-electron chi connectivity index (χ1n) is 6.81. The third kappa shape index (κ3) is 3.74. The molecule has 1 aromatic heterocycles. The minimum atomic E-state index is -3.74. The summed E-state index contributed by atoms with van der Waals surface area (Å²) in [5.41, 5.74) is -0.0160. The van der Waals surface area contributed by atoms with Gasteiger partial charge in [0, 0.05) is 25.3 Å². The molecule has 0 amide bonds. The van der Waals surface area contributed by atoms with E-state index in [0.717, 1.165) is 6.42 Å². The van der Waals surface area contributed by atoms with Crippen molar-refractivity contribution in [3.8, 4) is 0 Å². The van der Waals surface area contributed by atoms with Crippen LogP contribution in [0, 0.1) is 0 Å². The molecule has 0 aliphatic rings. The van der Waals surface area contributed by atoms with Gasteiger partial charge in [0.25, 0.3) is 0 Å². The van der Waals surface area contributed by atoms with Gasteiger partial charge in [0.05, 0.1) is 0 Å². The van der Waals surface area contributed by atoms with E-state index in [2.05, 4.69) is 6.58 Å². The number of carbonyl (C=O) groups is 1. The number of aryl methyl sites for hydroxylation is 1. The van der Waals surface area contributed by atoms with E-state index in [1.807, 2.05) is 6.92 Å². The number of aromatic nitrogens is 1. The summed E-state index contributed by atoms with van der Waals surface area (Å²) in [6, 6.07) is 0.974. The van der Waals surface area contributed by atoms with Gasteiger partial charge in [-0.05, 0) is 26.3 Å². The van der Waals surface area contributed by atoms with Crippen molar-refractivity contribution in [2.45, 2.75) is 44.7 Å². The predicted molar refractivity (Wildman–Crippen MR) is 80.9 cm³/mol. The zero-order chi connectivity index (χ0) is 16.2. The van der Waals surface area contributed by atoms with Crippen molar-refractivity contribution in [3.05, 3.63) is 30.6 Å². The lowest BCUT2D eigenvalue weighted by Crippen LogP contribution is -2.36. The maximum Gasteiger partial charge on any atom is 0.352 e. The summed E-state index contributed by atoms with van der Waals surface area (Å²) in [6.07, 6.45) is 3.62. The van der Waals surface area contributed by atoms with Gasteiger partial charge < -0.3 is 9.67 Å². The Kier molecular flexibility index (Phi) is 5.74. The fraction of sp³-hybridized carbons (Fsp3) is 0.500. The lowest BCUT2D eigenvalue weighted by Gasteiger charge is -2.23.